The fourth-order valence-corrected chi connectivity index (χ4v) is 2.19. The second kappa shape index (κ2) is 8.54. The number of hydrogen-bond donors (Lipinski definition) is 2. The van der Waals surface area contributed by atoms with E-state index in [1.54, 1.807) is 43.5 Å². The summed E-state index contributed by atoms with van der Waals surface area (Å²) in [5.74, 6) is -0.333. The molecule has 2 aromatic carbocycles. The lowest BCUT2D eigenvalue weighted by Crippen LogP contribution is -2.11. The number of benzene rings is 2. The Balaban J connectivity index is 2.12. The van der Waals surface area contributed by atoms with E-state index in [2.05, 4.69) is 5.32 Å². The van der Waals surface area contributed by atoms with Crippen LogP contribution >= 0.6 is 0 Å². The van der Waals surface area contributed by atoms with Crippen LogP contribution in [-0.2, 0) is 4.79 Å². The van der Waals surface area contributed by atoms with E-state index in [1.165, 1.54) is 18.2 Å². The van der Waals surface area contributed by atoms with E-state index in [-0.39, 0.29) is 11.3 Å². The lowest BCUT2D eigenvalue weighted by Gasteiger charge is -2.09. The number of amides is 1. The molecule has 0 bridgehead atoms. The molecule has 2 aromatic rings. The molecule has 0 aromatic heterocycles. The largest absolute Gasteiger partial charge is 0.493 e. The zero-order chi connectivity index (χ0) is 18.2. The fourth-order valence-electron chi connectivity index (χ4n) is 2.19. The summed E-state index contributed by atoms with van der Waals surface area (Å²) in [5, 5.41) is 11.7. The molecular formula is C19H19NO5. The topological polar surface area (TPSA) is 84.9 Å². The lowest BCUT2D eigenvalue weighted by atomic mass is 10.1. The lowest BCUT2D eigenvalue weighted by molar-refractivity contribution is -0.111. The maximum Gasteiger partial charge on any atom is 0.337 e. The van der Waals surface area contributed by atoms with Crippen molar-refractivity contribution >= 4 is 23.6 Å². The van der Waals surface area contributed by atoms with Crippen molar-refractivity contribution < 1.29 is 24.2 Å². The number of aromatic carboxylic acids is 1. The number of anilines is 1. The molecule has 25 heavy (non-hydrogen) atoms. The van der Waals surface area contributed by atoms with Crippen molar-refractivity contribution in [1.82, 2.24) is 0 Å². The normalized spacial score (nSPS) is 10.5. The predicted molar refractivity (Wildman–Crippen MR) is 95.2 cm³/mol. The minimum atomic E-state index is -1.10. The van der Waals surface area contributed by atoms with E-state index >= 15 is 0 Å². The van der Waals surface area contributed by atoms with Gasteiger partial charge in [0.15, 0.2) is 11.5 Å². The fraction of sp³-hybridized carbons (Fsp3) is 0.158. The molecule has 130 valence electrons. The molecule has 6 heteroatoms. The number of carbonyl (C=O) groups excluding carboxylic acids is 1. The number of methoxy groups -OCH3 is 1. The quantitative estimate of drug-likeness (QED) is 0.754. The Labute approximate surface area is 145 Å². The summed E-state index contributed by atoms with van der Waals surface area (Å²) in [7, 11) is 1.54. The van der Waals surface area contributed by atoms with E-state index in [0.717, 1.165) is 5.56 Å². The van der Waals surface area contributed by atoms with Gasteiger partial charge in [-0.2, -0.15) is 0 Å². The third-order valence-corrected chi connectivity index (χ3v) is 3.33. The van der Waals surface area contributed by atoms with Crippen LogP contribution in [0, 0.1) is 0 Å². The molecule has 0 aliphatic heterocycles. The van der Waals surface area contributed by atoms with Crippen LogP contribution in [0.1, 0.15) is 22.8 Å². The molecule has 0 heterocycles. The first-order chi connectivity index (χ1) is 12.0. The maximum atomic E-state index is 12.0. The first kappa shape index (κ1) is 18.1. The smallest absolute Gasteiger partial charge is 0.337 e. The van der Waals surface area contributed by atoms with Crippen molar-refractivity contribution in [3.05, 3.63) is 59.7 Å². The number of hydrogen-bond acceptors (Lipinski definition) is 4. The van der Waals surface area contributed by atoms with Gasteiger partial charge in [0.1, 0.15) is 0 Å². The molecule has 0 saturated heterocycles. The van der Waals surface area contributed by atoms with Gasteiger partial charge in [-0.25, -0.2) is 4.79 Å². The van der Waals surface area contributed by atoms with Crippen LogP contribution in [0.3, 0.4) is 0 Å². The van der Waals surface area contributed by atoms with Gasteiger partial charge in [-0.3, -0.25) is 4.79 Å². The summed E-state index contributed by atoms with van der Waals surface area (Å²) in [4.78, 5) is 23.2. The highest BCUT2D eigenvalue weighted by Crippen LogP contribution is 2.28. The molecule has 0 aliphatic carbocycles. The third kappa shape index (κ3) is 4.84. The molecular weight excluding hydrogens is 322 g/mol. The highest BCUT2D eigenvalue weighted by atomic mass is 16.5. The van der Waals surface area contributed by atoms with Gasteiger partial charge in [0, 0.05) is 6.08 Å². The highest BCUT2D eigenvalue weighted by molar-refractivity contribution is 6.06. The number of rotatable bonds is 7. The Morgan fingerprint density at radius 3 is 2.60 bits per heavy atom. The van der Waals surface area contributed by atoms with Gasteiger partial charge in [0.25, 0.3) is 0 Å². The second-order valence-corrected chi connectivity index (χ2v) is 5.02. The number of para-hydroxylation sites is 1. The summed E-state index contributed by atoms with van der Waals surface area (Å²) in [6, 6.07) is 11.5. The average Bonchev–Trinajstić information content (AvgIpc) is 2.61. The maximum absolute atomic E-state index is 12.0. The van der Waals surface area contributed by atoms with Crippen molar-refractivity contribution in [2.24, 2.45) is 0 Å². The zero-order valence-corrected chi connectivity index (χ0v) is 14.0. The molecule has 0 radical (unpaired) electrons. The first-order valence-corrected chi connectivity index (χ1v) is 7.67. The Morgan fingerprint density at radius 1 is 1.16 bits per heavy atom. The average molecular weight is 341 g/mol. The highest BCUT2D eigenvalue weighted by Gasteiger charge is 2.10. The minimum Gasteiger partial charge on any atom is -0.493 e. The number of carboxylic acid groups (broad SMARTS) is 1. The van der Waals surface area contributed by atoms with Crippen molar-refractivity contribution in [2.75, 3.05) is 19.0 Å². The van der Waals surface area contributed by atoms with E-state index in [9.17, 15) is 9.59 Å². The number of carboxylic acids is 1. The molecule has 0 saturated carbocycles. The van der Waals surface area contributed by atoms with Gasteiger partial charge in [0.2, 0.25) is 5.91 Å². The Kier molecular flexibility index (Phi) is 6.17. The molecule has 0 aliphatic rings. The summed E-state index contributed by atoms with van der Waals surface area (Å²) in [6.45, 7) is 2.41. The molecule has 2 N–H and O–H groups in total. The molecule has 0 unspecified atom stereocenters. The van der Waals surface area contributed by atoms with Crippen LogP contribution in [0.2, 0.25) is 0 Å². The van der Waals surface area contributed by atoms with Crippen LogP contribution in [0.25, 0.3) is 6.08 Å². The van der Waals surface area contributed by atoms with Crippen LogP contribution in [0.4, 0.5) is 5.69 Å². The summed E-state index contributed by atoms with van der Waals surface area (Å²) < 4.78 is 10.7. The van der Waals surface area contributed by atoms with Crippen LogP contribution in [-0.4, -0.2) is 30.7 Å². The third-order valence-electron chi connectivity index (χ3n) is 3.33. The Hall–Kier alpha value is -3.28. The van der Waals surface area contributed by atoms with Gasteiger partial charge >= 0.3 is 5.97 Å². The first-order valence-electron chi connectivity index (χ1n) is 7.67. The van der Waals surface area contributed by atoms with Gasteiger partial charge in [-0.1, -0.05) is 18.2 Å². The van der Waals surface area contributed by atoms with Crippen molar-refractivity contribution in [2.45, 2.75) is 6.92 Å². The van der Waals surface area contributed by atoms with E-state index in [4.69, 9.17) is 14.6 Å². The molecule has 0 fully saturated rings. The molecule has 2 rings (SSSR count). The minimum absolute atomic E-state index is 0.0342. The number of nitrogens with one attached hydrogen (secondary N) is 1. The molecule has 1 amide bonds. The van der Waals surface area contributed by atoms with Crippen LogP contribution in [0.5, 0.6) is 11.5 Å². The molecule has 0 atom stereocenters. The monoisotopic (exact) mass is 341 g/mol. The van der Waals surface area contributed by atoms with Crippen molar-refractivity contribution in [1.29, 1.82) is 0 Å². The van der Waals surface area contributed by atoms with E-state index in [1.807, 2.05) is 6.92 Å². The van der Waals surface area contributed by atoms with E-state index in [0.29, 0.717) is 18.1 Å². The van der Waals surface area contributed by atoms with Crippen LogP contribution < -0.4 is 14.8 Å². The van der Waals surface area contributed by atoms with Gasteiger partial charge in [-0.15, -0.1) is 0 Å². The van der Waals surface area contributed by atoms with Gasteiger partial charge < -0.3 is 19.9 Å². The number of ether oxygens (including phenoxy) is 2. The summed E-state index contributed by atoms with van der Waals surface area (Å²) in [5.41, 5.74) is 1.03. The Bertz CT molecular complexity index is 798. The summed E-state index contributed by atoms with van der Waals surface area (Å²) in [6.07, 6.45) is 2.94. The molecule has 6 nitrogen and oxygen atoms in total. The molecule has 0 spiro atoms. The standard InChI is InChI=1S/C19H19NO5/c1-3-25-16-10-8-13(12-17(16)24-2)9-11-18(21)20-15-7-5-4-6-14(15)19(22)23/h4-12H,3H2,1-2H3,(H,20,21)(H,22,23)/b11-9+. The summed E-state index contributed by atoms with van der Waals surface area (Å²) >= 11 is 0. The van der Waals surface area contributed by atoms with Crippen molar-refractivity contribution in [3.8, 4) is 11.5 Å². The van der Waals surface area contributed by atoms with Crippen molar-refractivity contribution in [3.63, 3.8) is 0 Å². The van der Waals surface area contributed by atoms with Gasteiger partial charge in [0.05, 0.1) is 25.0 Å². The van der Waals surface area contributed by atoms with Crippen LogP contribution in [0.15, 0.2) is 48.5 Å². The predicted octanol–water partition coefficient (Wildman–Crippen LogP) is 3.44. The second-order valence-electron chi connectivity index (χ2n) is 5.02. The SMILES string of the molecule is CCOc1ccc(/C=C/C(=O)Nc2ccccc2C(=O)O)cc1OC. The number of carbonyl (C=O) groups is 2. The van der Waals surface area contributed by atoms with Gasteiger partial charge in [-0.05, 0) is 42.8 Å². The van der Waals surface area contributed by atoms with E-state index < -0.39 is 11.9 Å². The Morgan fingerprint density at radius 2 is 1.92 bits per heavy atom. The zero-order valence-electron chi connectivity index (χ0n) is 14.0.